The predicted octanol–water partition coefficient (Wildman–Crippen LogP) is 3.01. The minimum atomic E-state index is -0.566. The van der Waals surface area contributed by atoms with Crippen molar-refractivity contribution in [2.75, 3.05) is 7.11 Å². The lowest BCUT2D eigenvalue weighted by atomic mass is 10.0. The normalized spacial score (nSPS) is 15.4. The smallest absolute Gasteiger partial charge is 0.328 e. The van der Waals surface area contributed by atoms with E-state index in [1.165, 1.54) is 7.11 Å². The minimum Gasteiger partial charge on any atom is -0.467 e. The van der Waals surface area contributed by atoms with Gasteiger partial charge in [0.1, 0.15) is 6.04 Å². The van der Waals surface area contributed by atoms with Crippen LogP contribution < -0.4 is 0 Å². The van der Waals surface area contributed by atoms with Crippen LogP contribution in [-0.2, 0) is 9.53 Å². The third-order valence-electron chi connectivity index (χ3n) is 4.15. The van der Waals surface area contributed by atoms with Crippen molar-refractivity contribution in [3.05, 3.63) is 48.0 Å². The number of nitrogens with zero attached hydrogens (tertiary/aromatic N) is 1. The molecule has 1 amide bonds. The number of esters is 1. The summed E-state index contributed by atoms with van der Waals surface area (Å²) >= 11 is 0. The average Bonchev–Trinajstić information content (AvgIpc) is 3.38. The van der Waals surface area contributed by atoms with E-state index in [0.29, 0.717) is 5.56 Å². The van der Waals surface area contributed by atoms with Gasteiger partial charge in [0.15, 0.2) is 0 Å². The second kappa shape index (κ2) is 5.79. The SMILES string of the molecule is COC(=O)[C@H](C)N(C(=O)c1cccc2ccccc12)C1CC1. The Hall–Kier alpha value is -2.36. The fourth-order valence-corrected chi connectivity index (χ4v) is 2.85. The van der Waals surface area contributed by atoms with Crippen LogP contribution in [0.2, 0.25) is 0 Å². The number of fused-ring (bicyclic) bond motifs is 1. The van der Waals surface area contributed by atoms with Crippen molar-refractivity contribution >= 4 is 22.6 Å². The van der Waals surface area contributed by atoms with E-state index in [9.17, 15) is 9.59 Å². The fourth-order valence-electron chi connectivity index (χ4n) is 2.85. The molecule has 0 spiro atoms. The number of carbonyl (C=O) groups is 2. The van der Waals surface area contributed by atoms with E-state index in [4.69, 9.17) is 4.74 Å². The Labute approximate surface area is 129 Å². The predicted molar refractivity (Wildman–Crippen MR) is 84.6 cm³/mol. The number of hydrogen-bond donors (Lipinski definition) is 0. The molecule has 2 aromatic rings. The third-order valence-corrected chi connectivity index (χ3v) is 4.15. The first-order chi connectivity index (χ1) is 10.6. The number of benzene rings is 2. The fraction of sp³-hybridized carbons (Fsp3) is 0.333. The van der Waals surface area contributed by atoms with Crippen LogP contribution in [0.1, 0.15) is 30.1 Å². The van der Waals surface area contributed by atoms with Gasteiger partial charge in [0, 0.05) is 11.6 Å². The molecule has 0 N–H and O–H groups in total. The number of carbonyl (C=O) groups excluding carboxylic acids is 2. The van der Waals surface area contributed by atoms with E-state index >= 15 is 0 Å². The summed E-state index contributed by atoms with van der Waals surface area (Å²) in [6.45, 7) is 1.73. The van der Waals surface area contributed by atoms with E-state index in [2.05, 4.69) is 0 Å². The van der Waals surface area contributed by atoms with Gasteiger partial charge in [0.25, 0.3) is 5.91 Å². The molecule has 4 nitrogen and oxygen atoms in total. The Morgan fingerprint density at radius 1 is 1.14 bits per heavy atom. The molecule has 1 atom stereocenters. The molecule has 2 aromatic carbocycles. The molecular formula is C18H19NO3. The molecule has 0 heterocycles. The third kappa shape index (κ3) is 2.56. The minimum absolute atomic E-state index is 0.0998. The Morgan fingerprint density at radius 3 is 2.50 bits per heavy atom. The maximum absolute atomic E-state index is 13.0. The monoisotopic (exact) mass is 297 g/mol. The van der Waals surface area contributed by atoms with Crippen LogP contribution in [0.15, 0.2) is 42.5 Å². The van der Waals surface area contributed by atoms with E-state index in [-0.39, 0.29) is 17.9 Å². The average molecular weight is 297 g/mol. The van der Waals surface area contributed by atoms with Crippen LogP contribution in [-0.4, -0.2) is 36.0 Å². The Bertz CT molecular complexity index is 716. The number of ether oxygens (including phenoxy) is 1. The summed E-state index contributed by atoms with van der Waals surface area (Å²) in [7, 11) is 1.35. The molecule has 0 bridgehead atoms. The summed E-state index contributed by atoms with van der Waals surface area (Å²) in [6, 6.07) is 13.1. The van der Waals surface area contributed by atoms with Gasteiger partial charge in [0.2, 0.25) is 0 Å². The van der Waals surface area contributed by atoms with E-state index in [1.54, 1.807) is 11.8 Å². The maximum Gasteiger partial charge on any atom is 0.328 e. The molecule has 0 aliphatic heterocycles. The van der Waals surface area contributed by atoms with Gasteiger partial charge in [-0.1, -0.05) is 36.4 Å². The molecule has 4 heteroatoms. The van der Waals surface area contributed by atoms with E-state index in [0.717, 1.165) is 23.6 Å². The number of rotatable bonds is 4. The zero-order valence-electron chi connectivity index (χ0n) is 12.8. The van der Waals surface area contributed by atoms with Gasteiger partial charge in [-0.05, 0) is 36.6 Å². The molecular weight excluding hydrogens is 278 g/mol. The Balaban J connectivity index is 2.01. The van der Waals surface area contributed by atoms with Crippen LogP contribution in [0.4, 0.5) is 0 Å². The summed E-state index contributed by atoms with van der Waals surface area (Å²) in [5.41, 5.74) is 0.640. The Morgan fingerprint density at radius 2 is 1.82 bits per heavy atom. The summed E-state index contributed by atoms with van der Waals surface area (Å²) in [6.07, 6.45) is 1.88. The maximum atomic E-state index is 13.0. The molecule has 0 radical (unpaired) electrons. The largest absolute Gasteiger partial charge is 0.467 e. The van der Waals surface area contributed by atoms with Crippen LogP contribution in [0.25, 0.3) is 10.8 Å². The summed E-state index contributed by atoms with van der Waals surface area (Å²) in [5, 5.41) is 1.94. The second-order valence-corrected chi connectivity index (χ2v) is 5.67. The number of amides is 1. The van der Waals surface area contributed by atoms with Crippen molar-refractivity contribution in [2.45, 2.75) is 31.8 Å². The van der Waals surface area contributed by atoms with Gasteiger partial charge < -0.3 is 9.64 Å². The molecule has 1 aliphatic carbocycles. The van der Waals surface area contributed by atoms with Gasteiger partial charge in [0.05, 0.1) is 7.11 Å². The molecule has 22 heavy (non-hydrogen) atoms. The van der Waals surface area contributed by atoms with Crippen molar-refractivity contribution in [1.82, 2.24) is 4.90 Å². The van der Waals surface area contributed by atoms with Crippen molar-refractivity contribution in [3.63, 3.8) is 0 Å². The molecule has 1 saturated carbocycles. The summed E-state index contributed by atoms with van der Waals surface area (Å²) < 4.78 is 4.81. The lowest BCUT2D eigenvalue weighted by Gasteiger charge is -2.28. The molecule has 0 unspecified atom stereocenters. The van der Waals surface area contributed by atoms with Gasteiger partial charge in [-0.2, -0.15) is 0 Å². The highest BCUT2D eigenvalue weighted by Gasteiger charge is 2.39. The molecule has 1 fully saturated rings. The van der Waals surface area contributed by atoms with E-state index < -0.39 is 6.04 Å². The lowest BCUT2D eigenvalue weighted by molar-refractivity contribution is -0.145. The van der Waals surface area contributed by atoms with Crippen LogP contribution in [0.5, 0.6) is 0 Å². The molecule has 1 aliphatic rings. The van der Waals surface area contributed by atoms with Crippen LogP contribution in [0.3, 0.4) is 0 Å². The van der Waals surface area contributed by atoms with Gasteiger partial charge >= 0.3 is 5.97 Å². The van der Waals surface area contributed by atoms with Gasteiger partial charge in [-0.15, -0.1) is 0 Å². The first-order valence-electron chi connectivity index (χ1n) is 7.51. The topological polar surface area (TPSA) is 46.6 Å². The molecule has 3 rings (SSSR count). The highest BCUT2D eigenvalue weighted by atomic mass is 16.5. The highest BCUT2D eigenvalue weighted by molar-refractivity contribution is 6.08. The zero-order valence-corrected chi connectivity index (χ0v) is 12.8. The van der Waals surface area contributed by atoms with Crippen LogP contribution in [0, 0.1) is 0 Å². The number of methoxy groups -OCH3 is 1. The van der Waals surface area contributed by atoms with Crippen molar-refractivity contribution in [1.29, 1.82) is 0 Å². The molecule has 114 valence electrons. The Kier molecular flexibility index (Phi) is 3.84. The second-order valence-electron chi connectivity index (χ2n) is 5.67. The quantitative estimate of drug-likeness (QED) is 0.815. The van der Waals surface area contributed by atoms with Crippen molar-refractivity contribution in [2.24, 2.45) is 0 Å². The van der Waals surface area contributed by atoms with Gasteiger partial charge in [-0.25, -0.2) is 4.79 Å². The van der Waals surface area contributed by atoms with Crippen LogP contribution >= 0.6 is 0 Å². The lowest BCUT2D eigenvalue weighted by Crippen LogP contribution is -2.45. The van der Waals surface area contributed by atoms with Gasteiger partial charge in [-0.3, -0.25) is 4.79 Å². The standard InChI is InChI=1S/C18H19NO3/c1-12(18(21)22-2)19(14-10-11-14)17(20)16-9-5-7-13-6-3-4-8-15(13)16/h3-9,12,14H,10-11H2,1-2H3/t12-/m0/s1. The first kappa shape index (κ1) is 14.6. The highest BCUT2D eigenvalue weighted by Crippen LogP contribution is 2.32. The molecule has 0 aromatic heterocycles. The van der Waals surface area contributed by atoms with Crippen molar-refractivity contribution < 1.29 is 14.3 Å². The van der Waals surface area contributed by atoms with Crippen molar-refractivity contribution in [3.8, 4) is 0 Å². The first-order valence-corrected chi connectivity index (χ1v) is 7.51. The summed E-state index contributed by atoms with van der Waals surface area (Å²) in [5.74, 6) is -0.474. The molecule has 0 saturated heterocycles. The number of hydrogen-bond acceptors (Lipinski definition) is 3. The zero-order chi connectivity index (χ0) is 15.7. The van der Waals surface area contributed by atoms with E-state index in [1.807, 2.05) is 42.5 Å². The summed E-state index contributed by atoms with van der Waals surface area (Å²) in [4.78, 5) is 26.6.